The Morgan fingerprint density at radius 3 is 2.43 bits per heavy atom. The van der Waals surface area contributed by atoms with Gasteiger partial charge in [-0.2, -0.15) is 0 Å². The van der Waals surface area contributed by atoms with Crippen molar-refractivity contribution in [3.63, 3.8) is 0 Å². The van der Waals surface area contributed by atoms with E-state index in [-0.39, 0.29) is 11.2 Å². The maximum Gasteiger partial charge on any atom is 0.235 e. The predicted octanol–water partition coefficient (Wildman–Crippen LogP) is 2.70. The molecule has 0 N–H and O–H groups in total. The molecule has 0 aliphatic carbocycles. The van der Waals surface area contributed by atoms with Gasteiger partial charge in [0.2, 0.25) is 5.91 Å². The van der Waals surface area contributed by atoms with E-state index < -0.39 is 0 Å². The van der Waals surface area contributed by atoms with Crippen LogP contribution in [0, 0.1) is 0 Å². The van der Waals surface area contributed by atoms with Crippen LogP contribution in [0.4, 0.5) is 0 Å². The van der Waals surface area contributed by atoms with Gasteiger partial charge in [-0.1, -0.05) is 42.1 Å². The molecule has 1 atom stereocenters. The second-order valence-corrected chi connectivity index (χ2v) is 8.76. The van der Waals surface area contributed by atoms with E-state index in [1.165, 1.54) is 17.3 Å². The molecule has 0 unspecified atom stereocenters. The number of carbonyl (C=O) groups is 1. The smallest absolute Gasteiger partial charge is 0.235 e. The molecule has 1 aromatic carbocycles. The van der Waals surface area contributed by atoms with Crippen LogP contribution >= 0.6 is 11.8 Å². The average Bonchev–Trinajstić information content (AvgIpc) is 3.15. The summed E-state index contributed by atoms with van der Waals surface area (Å²) in [4.78, 5) is 21.4. The molecule has 1 fully saturated rings. The predicted molar refractivity (Wildman–Crippen MR) is 118 cm³/mol. The molecule has 1 aliphatic heterocycles. The van der Waals surface area contributed by atoms with Crippen LogP contribution in [0.3, 0.4) is 0 Å². The first-order valence-corrected chi connectivity index (χ1v) is 11.0. The number of piperazine rings is 1. The maximum absolute atomic E-state index is 13.0. The highest BCUT2D eigenvalue weighted by Crippen LogP contribution is 2.26. The lowest BCUT2D eigenvalue weighted by Crippen LogP contribution is -2.50. The van der Waals surface area contributed by atoms with E-state index in [1.54, 1.807) is 12.4 Å². The minimum Gasteiger partial charge on any atom is -0.339 e. The summed E-state index contributed by atoms with van der Waals surface area (Å²) < 4.78 is 1.93. The zero-order valence-corrected chi connectivity index (χ0v) is 18.1. The van der Waals surface area contributed by atoms with Gasteiger partial charge >= 0.3 is 0 Å². The number of benzene rings is 1. The SMILES string of the molecule is C[C@@H](Sc1nnc(-c2ccncc2)n1C)C(=O)N1CCN(Cc2ccccc2)CC1. The molecule has 30 heavy (non-hydrogen) atoms. The number of aromatic nitrogens is 4. The van der Waals surface area contributed by atoms with E-state index in [2.05, 4.69) is 44.3 Å². The van der Waals surface area contributed by atoms with E-state index in [0.29, 0.717) is 0 Å². The molecule has 1 aliphatic rings. The fourth-order valence-electron chi connectivity index (χ4n) is 3.60. The lowest BCUT2D eigenvalue weighted by atomic mass is 10.2. The van der Waals surface area contributed by atoms with Gasteiger partial charge in [-0.15, -0.1) is 10.2 Å². The molecule has 8 heteroatoms. The molecule has 0 radical (unpaired) electrons. The van der Waals surface area contributed by atoms with Gasteiger partial charge < -0.3 is 9.47 Å². The summed E-state index contributed by atoms with van der Waals surface area (Å²) in [7, 11) is 1.93. The minimum atomic E-state index is -0.209. The molecule has 1 amide bonds. The van der Waals surface area contributed by atoms with Crippen molar-refractivity contribution in [3.05, 3.63) is 60.4 Å². The Labute approximate surface area is 181 Å². The minimum absolute atomic E-state index is 0.160. The summed E-state index contributed by atoms with van der Waals surface area (Å²) in [6.45, 7) is 6.20. The Bertz CT molecular complexity index is 970. The van der Waals surface area contributed by atoms with Gasteiger partial charge in [-0.05, 0) is 24.6 Å². The van der Waals surface area contributed by atoms with Gasteiger partial charge in [-0.3, -0.25) is 14.7 Å². The van der Waals surface area contributed by atoms with E-state index in [4.69, 9.17) is 0 Å². The molecule has 156 valence electrons. The van der Waals surface area contributed by atoms with Crippen LogP contribution in [0.2, 0.25) is 0 Å². The van der Waals surface area contributed by atoms with Gasteiger partial charge in [-0.25, -0.2) is 0 Å². The van der Waals surface area contributed by atoms with Crippen LogP contribution in [0.1, 0.15) is 12.5 Å². The van der Waals surface area contributed by atoms with Crippen LogP contribution in [0.25, 0.3) is 11.4 Å². The van der Waals surface area contributed by atoms with Gasteiger partial charge in [0, 0.05) is 57.7 Å². The quantitative estimate of drug-likeness (QED) is 0.569. The van der Waals surface area contributed by atoms with Crippen LogP contribution in [-0.2, 0) is 18.4 Å². The first-order chi connectivity index (χ1) is 14.6. The van der Waals surface area contributed by atoms with E-state index in [0.717, 1.165) is 49.3 Å². The molecule has 4 rings (SSSR count). The zero-order chi connectivity index (χ0) is 20.9. The normalized spacial score (nSPS) is 15.9. The van der Waals surface area contributed by atoms with Crippen LogP contribution in [0.5, 0.6) is 0 Å². The third-order valence-corrected chi connectivity index (χ3v) is 6.46. The Morgan fingerprint density at radius 2 is 1.73 bits per heavy atom. The second kappa shape index (κ2) is 9.40. The first kappa shape index (κ1) is 20.6. The summed E-state index contributed by atoms with van der Waals surface area (Å²) in [6, 6.07) is 14.3. The summed E-state index contributed by atoms with van der Waals surface area (Å²) in [5.74, 6) is 0.932. The van der Waals surface area contributed by atoms with E-state index >= 15 is 0 Å². The highest BCUT2D eigenvalue weighted by Gasteiger charge is 2.27. The summed E-state index contributed by atoms with van der Waals surface area (Å²) in [6.07, 6.45) is 3.47. The monoisotopic (exact) mass is 422 g/mol. The number of carbonyl (C=O) groups excluding carboxylic acids is 1. The number of pyridine rings is 1. The first-order valence-electron chi connectivity index (χ1n) is 10.1. The maximum atomic E-state index is 13.0. The number of nitrogens with zero attached hydrogens (tertiary/aromatic N) is 6. The third-order valence-electron chi connectivity index (χ3n) is 5.34. The number of rotatable bonds is 6. The van der Waals surface area contributed by atoms with Crippen molar-refractivity contribution in [2.45, 2.75) is 23.9 Å². The van der Waals surface area contributed by atoms with Crippen LogP contribution < -0.4 is 0 Å². The molecule has 1 saturated heterocycles. The summed E-state index contributed by atoms with van der Waals surface area (Å²) >= 11 is 1.46. The van der Waals surface area contributed by atoms with Gasteiger partial charge in [0.25, 0.3) is 0 Å². The highest BCUT2D eigenvalue weighted by atomic mass is 32.2. The van der Waals surface area contributed by atoms with Gasteiger partial charge in [0.1, 0.15) is 0 Å². The molecule has 3 aromatic rings. The van der Waals surface area contributed by atoms with Crippen molar-refractivity contribution in [1.82, 2.24) is 29.5 Å². The van der Waals surface area contributed by atoms with Gasteiger partial charge in [0.05, 0.1) is 5.25 Å². The molecule has 3 heterocycles. The number of hydrogen-bond acceptors (Lipinski definition) is 6. The molecule has 0 spiro atoms. The molecule has 2 aromatic heterocycles. The largest absolute Gasteiger partial charge is 0.339 e. The molecular weight excluding hydrogens is 396 g/mol. The number of amides is 1. The van der Waals surface area contributed by atoms with E-state index in [1.807, 2.05) is 41.6 Å². The zero-order valence-electron chi connectivity index (χ0n) is 17.3. The molecule has 7 nitrogen and oxygen atoms in total. The topological polar surface area (TPSA) is 67.2 Å². The van der Waals surface area contributed by atoms with Crippen LogP contribution in [0.15, 0.2) is 60.0 Å². The Morgan fingerprint density at radius 1 is 1.03 bits per heavy atom. The Kier molecular flexibility index (Phi) is 6.44. The number of thioether (sulfide) groups is 1. The average molecular weight is 423 g/mol. The van der Waals surface area contributed by atoms with Crippen molar-refractivity contribution in [3.8, 4) is 11.4 Å². The van der Waals surface area contributed by atoms with Crippen molar-refractivity contribution < 1.29 is 4.79 Å². The third kappa shape index (κ3) is 4.71. The van der Waals surface area contributed by atoms with Crippen molar-refractivity contribution in [2.75, 3.05) is 26.2 Å². The highest BCUT2D eigenvalue weighted by molar-refractivity contribution is 8.00. The van der Waals surface area contributed by atoms with E-state index in [9.17, 15) is 4.79 Å². The number of hydrogen-bond donors (Lipinski definition) is 0. The van der Waals surface area contributed by atoms with Crippen molar-refractivity contribution in [1.29, 1.82) is 0 Å². The summed E-state index contributed by atoms with van der Waals surface area (Å²) in [5.41, 5.74) is 2.27. The van der Waals surface area contributed by atoms with Gasteiger partial charge in [0.15, 0.2) is 11.0 Å². The Balaban J connectivity index is 1.32. The lowest BCUT2D eigenvalue weighted by Gasteiger charge is -2.35. The Hall–Kier alpha value is -2.71. The molecule has 0 bridgehead atoms. The summed E-state index contributed by atoms with van der Waals surface area (Å²) in [5, 5.41) is 9.12. The molecular formula is C22H26N6OS. The lowest BCUT2D eigenvalue weighted by molar-refractivity contribution is -0.132. The fraction of sp³-hybridized carbons (Fsp3) is 0.364. The standard InChI is InChI=1S/C22H26N6OS/c1-17(30-22-25-24-20(26(22)2)19-8-10-23-11-9-19)21(29)28-14-12-27(13-15-28)16-18-6-4-3-5-7-18/h3-11,17H,12-16H2,1-2H3/t17-/m1/s1. The fourth-order valence-corrected chi connectivity index (χ4v) is 4.50. The van der Waals surface area contributed by atoms with Crippen molar-refractivity contribution in [2.24, 2.45) is 7.05 Å². The molecule has 0 saturated carbocycles. The van der Waals surface area contributed by atoms with Crippen LogP contribution in [-0.4, -0.2) is 66.9 Å². The second-order valence-electron chi connectivity index (χ2n) is 7.45. The van der Waals surface area contributed by atoms with Crippen molar-refractivity contribution >= 4 is 17.7 Å².